The van der Waals surface area contributed by atoms with E-state index >= 15 is 0 Å². The van der Waals surface area contributed by atoms with Crippen molar-refractivity contribution in [2.45, 2.75) is 64.8 Å². The number of hydrogen-bond acceptors (Lipinski definition) is 2. The van der Waals surface area contributed by atoms with Gasteiger partial charge in [0.15, 0.2) is 0 Å². The average Bonchev–Trinajstić information content (AvgIpc) is 2.50. The molecule has 0 bridgehead atoms. The van der Waals surface area contributed by atoms with Crippen LogP contribution >= 0.6 is 0 Å². The molecule has 2 nitrogen and oxygen atoms in total. The van der Waals surface area contributed by atoms with Crippen LogP contribution in [0.5, 0.6) is 0 Å². The third-order valence-corrected chi connectivity index (χ3v) is 4.03. The van der Waals surface area contributed by atoms with Crippen LogP contribution in [0.3, 0.4) is 0 Å². The molecule has 0 aromatic heterocycles. The van der Waals surface area contributed by atoms with Gasteiger partial charge in [0, 0.05) is 6.61 Å². The van der Waals surface area contributed by atoms with Crippen LogP contribution in [0, 0.1) is 0 Å². The minimum absolute atomic E-state index is 0.293. The molecular weight excluding hydrogens is 258 g/mol. The fourth-order valence-electron chi connectivity index (χ4n) is 2.47. The van der Waals surface area contributed by atoms with Crippen LogP contribution < -0.4 is 5.32 Å². The molecule has 0 saturated heterocycles. The third-order valence-electron chi connectivity index (χ3n) is 4.03. The molecule has 1 N–H and O–H groups in total. The first kappa shape index (κ1) is 18.2. The summed E-state index contributed by atoms with van der Waals surface area (Å²) in [6.07, 6.45) is 6.46. The van der Waals surface area contributed by atoms with Gasteiger partial charge >= 0.3 is 0 Å². The van der Waals surface area contributed by atoms with Crippen LogP contribution in [0.15, 0.2) is 24.3 Å². The summed E-state index contributed by atoms with van der Waals surface area (Å²) in [5.41, 5.74) is 2.71. The molecule has 0 amide bonds. The zero-order valence-corrected chi connectivity index (χ0v) is 14.3. The Labute approximate surface area is 131 Å². The van der Waals surface area contributed by atoms with Crippen molar-refractivity contribution in [1.82, 2.24) is 5.32 Å². The van der Waals surface area contributed by atoms with Gasteiger partial charge in [-0.3, -0.25) is 0 Å². The lowest BCUT2D eigenvalue weighted by Gasteiger charge is -2.18. The lowest BCUT2D eigenvalue weighted by atomic mass is 9.99. The van der Waals surface area contributed by atoms with Gasteiger partial charge in [-0.2, -0.15) is 0 Å². The first-order valence-electron chi connectivity index (χ1n) is 8.53. The number of likely N-dealkylation sites (N-methyl/N-ethyl adjacent to an activating group) is 1. The summed E-state index contributed by atoms with van der Waals surface area (Å²) in [5.74, 6) is 0.589. The van der Waals surface area contributed by atoms with Gasteiger partial charge in [0.05, 0.1) is 12.6 Å². The number of ether oxygens (including phenoxy) is 1. The predicted octanol–water partition coefficient (Wildman–Crippen LogP) is 5.06. The molecule has 0 radical (unpaired) electrons. The van der Waals surface area contributed by atoms with Crippen molar-refractivity contribution in [1.29, 1.82) is 0 Å². The van der Waals surface area contributed by atoms with E-state index in [9.17, 15) is 0 Å². The fourth-order valence-corrected chi connectivity index (χ4v) is 2.47. The molecule has 0 aliphatic carbocycles. The number of hydrogen-bond donors (Lipinski definition) is 1. The highest BCUT2D eigenvalue weighted by molar-refractivity contribution is 5.26. The number of rotatable bonds is 11. The first-order chi connectivity index (χ1) is 10.2. The van der Waals surface area contributed by atoms with Gasteiger partial charge in [0.2, 0.25) is 0 Å². The Morgan fingerprint density at radius 3 is 2.14 bits per heavy atom. The first-order valence-corrected chi connectivity index (χ1v) is 8.53. The van der Waals surface area contributed by atoms with Crippen molar-refractivity contribution in [3.63, 3.8) is 0 Å². The average molecular weight is 291 g/mol. The maximum absolute atomic E-state index is 5.84. The molecule has 21 heavy (non-hydrogen) atoms. The Kier molecular flexibility index (Phi) is 9.36. The van der Waals surface area contributed by atoms with E-state index in [-0.39, 0.29) is 0 Å². The van der Waals surface area contributed by atoms with Gasteiger partial charge in [-0.15, -0.1) is 0 Å². The smallest absolute Gasteiger partial charge is 0.0661 e. The Morgan fingerprint density at radius 1 is 0.952 bits per heavy atom. The quantitative estimate of drug-likeness (QED) is 0.576. The summed E-state index contributed by atoms with van der Waals surface area (Å²) in [7, 11) is 2.01. The van der Waals surface area contributed by atoms with E-state index in [0.717, 1.165) is 13.2 Å². The van der Waals surface area contributed by atoms with Crippen molar-refractivity contribution in [2.75, 3.05) is 20.3 Å². The minimum Gasteiger partial charge on any atom is -0.379 e. The summed E-state index contributed by atoms with van der Waals surface area (Å²) < 4.78 is 5.84. The second kappa shape index (κ2) is 10.8. The van der Waals surface area contributed by atoms with Gasteiger partial charge in [-0.25, -0.2) is 0 Å². The third kappa shape index (κ3) is 7.10. The standard InChI is InChI=1S/C19H33NO/c1-5-6-7-8-9-14-21-15-19(20-4)18-12-10-17(11-13-18)16(2)3/h10-13,16,19-20H,5-9,14-15H2,1-4H3. The SMILES string of the molecule is CCCCCCCOCC(NC)c1ccc(C(C)C)cc1. The molecule has 120 valence electrons. The highest BCUT2D eigenvalue weighted by Crippen LogP contribution is 2.19. The Bertz CT molecular complexity index is 358. The molecule has 2 heteroatoms. The molecule has 0 saturated carbocycles. The number of benzene rings is 1. The maximum Gasteiger partial charge on any atom is 0.0661 e. The van der Waals surface area contributed by atoms with Crippen LogP contribution in [0.1, 0.15) is 76.0 Å². The van der Waals surface area contributed by atoms with Crippen molar-refractivity contribution >= 4 is 0 Å². The molecule has 0 aliphatic rings. The second-order valence-corrected chi connectivity index (χ2v) is 6.15. The zero-order chi connectivity index (χ0) is 15.5. The van der Waals surface area contributed by atoms with E-state index < -0.39 is 0 Å². The molecular formula is C19H33NO. The highest BCUT2D eigenvalue weighted by Gasteiger charge is 2.09. The van der Waals surface area contributed by atoms with E-state index in [4.69, 9.17) is 4.74 Å². The van der Waals surface area contributed by atoms with Crippen molar-refractivity contribution in [3.8, 4) is 0 Å². The lowest BCUT2D eigenvalue weighted by Crippen LogP contribution is -2.22. The van der Waals surface area contributed by atoms with E-state index in [0.29, 0.717) is 12.0 Å². The Morgan fingerprint density at radius 2 is 1.57 bits per heavy atom. The Hall–Kier alpha value is -0.860. The molecule has 1 aromatic carbocycles. The zero-order valence-electron chi connectivity index (χ0n) is 14.3. The fraction of sp³-hybridized carbons (Fsp3) is 0.684. The van der Waals surface area contributed by atoms with Gasteiger partial charge < -0.3 is 10.1 Å². The molecule has 0 fully saturated rings. The summed E-state index contributed by atoms with van der Waals surface area (Å²) in [6, 6.07) is 9.20. The largest absolute Gasteiger partial charge is 0.379 e. The molecule has 1 unspecified atom stereocenters. The van der Waals surface area contributed by atoms with Crippen molar-refractivity contribution < 1.29 is 4.74 Å². The van der Waals surface area contributed by atoms with E-state index in [1.165, 1.54) is 43.2 Å². The molecule has 1 aromatic rings. The van der Waals surface area contributed by atoms with E-state index in [2.05, 4.69) is 50.4 Å². The maximum atomic E-state index is 5.84. The topological polar surface area (TPSA) is 21.3 Å². The lowest BCUT2D eigenvalue weighted by molar-refractivity contribution is 0.110. The highest BCUT2D eigenvalue weighted by atomic mass is 16.5. The monoisotopic (exact) mass is 291 g/mol. The summed E-state index contributed by atoms with van der Waals surface area (Å²) in [6.45, 7) is 8.34. The number of unbranched alkanes of at least 4 members (excludes halogenated alkanes) is 4. The normalized spacial score (nSPS) is 12.8. The molecule has 0 spiro atoms. The summed E-state index contributed by atoms with van der Waals surface area (Å²) in [4.78, 5) is 0. The molecule has 1 rings (SSSR count). The van der Waals surface area contributed by atoms with Gasteiger partial charge in [0.25, 0.3) is 0 Å². The van der Waals surface area contributed by atoms with Gasteiger partial charge in [-0.05, 0) is 30.5 Å². The second-order valence-electron chi connectivity index (χ2n) is 6.15. The van der Waals surface area contributed by atoms with Crippen LogP contribution in [0.4, 0.5) is 0 Å². The van der Waals surface area contributed by atoms with Gasteiger partial charge in [0.1, 0.15) is 0 Å². The van der Waals surface area contributed by atoms with E-state index in [1.54, 1.807) is 0 Å². The van der Waals surface area contributed by atoms with Crippen LogP contribution in [0.2, 0.25) is 0 Å². The van der Waals surface area contributed by atoms with Crippen LogP contribution in [-0.2, 0) is 4.74 Å². The van der Waals surface area contributed by atoms with Crippen LogP contribution in [-0.4, -0.2) is 20.3 Å². The molecule has 0 heterocycles. The predicted molar refractivity (Wildman–Crippen MR) is 91.9 cm³/mol. The van der Waals surface area contributed by atoms with Crippen molar-refractivity contribution in [3.05, 3.63) is 35.4 Å². The molecule has 0 aliphatic heterocycles. The summed E-state index contributed by atoms with van der Waals surface area (Å²) in [5, 5.41) is 3.35. The van der Waals surface area contributed by atoms with Gasteiger partial charge in [-0.1, -0.05) is 70.7 Å². The minimum atomic E-state index is 0.293. The van der Waals surface area contributed by atoms with Crippen LogP contribution in [0.25, 0.3) is 0 Å². The summed E-state index contributed by atoms with van der Waals surface area (Å²) >= 11 is 0. The number of nitrogens with one attached hydrogen (secondary N) is 1. The molecule has 1 atom stereocenters. The Balaban J connectivity index is 2.30. The van der Waals surface area contributed by atoms with Crippen molar-refractivity contribution in [2.24, 2.45) is 0 Å². The van der Waals surface area contributed by atoms with E-state index in [1.807, 2.05) is 7.05 Å².